The molecule has 192 valence electrons. The number of carboxylic acid groups (broad SMARTS) is 1. The van der Waals surface area contributed by atoms with Gasteiger partial charge in [0.25, 0.3) is 0 Å². The predicted molar refractivity (Wildman–Crippen MR) is 140 cm³/mol. The zero-order valence-corrected chi connectivity index (χ0v) is 21.9. The van der Waals surface area contributed by atoms with Crippen molar-refractivity contribution in [2.75, 3.05) is 23.0 Å². The molecule has 3 aromatic rings. The van der Waals surface area contributed by atoms with Crippen molar-refractivity contribution in [1.82, 2.24) is 4.98 Å². The number of sulfone groups is 1. The Hall–Kier alpha value is -3.44. The van der Waals surface area contributed by atoms with Crippen molar-refractivity contribution in [3.05, 3.63) is 64.7 Å². The maximum Gasteiger partial charge on any atom is 0.325 e. The first kappa shape index (κ1) is 27.2. The maximum absolute atomic E-state index is 12.7. The minimum Gasteiger partial charge on any atom is -0.491 e. The van der Waals surface area contributed by atoms with Gasteiger partial charge in [0.15, 0.2) is 15.0 Å². The van der Waals surface area contributed by atoms with E-state index in [9.17, 15) is 18.0 Å². The normalized spacial score (nSPS) is 11.3. The first-order chi connectivity index (χ1) is 17.0. The molecule has 9 nitrogen and oxygen atoms in total. The molecule has 3 rings (SSSR count). The summed E-state index contributed by atoms with van der Waals surface area (Å²) in [6.45, 7) is 6.54. The van der Waals surface area contributed by atoms with Crippen molar-refractivity contribution in [2.45, 2.75) is 38.5 Å². The standard InChI is InChI=1S/C25H29N3O6S2/c1-16(2)15-34-22-12-17(3)4-9-21(22)27-24(31)28-25-26-14-19(35-25)10-11-36(32,33)20-7-5-18(6-8-20)13-23(29)30/h4-9,12,14,16H,10-11,13,15H2,1-3H3,(H,29,30)(H2,26,27,28,31). The number of carboxylic acids is 1. The Bertz CT molecular complexity index is 1320. The Morgan fingerprint density at radius 1 is 1.11 bits per heavy atom. The number of ether oxygens (including phenoxy) is 1. The zero-order chi connectivity index (χ0) is 26.3. The number of hydrogen-bond acceptors (Lipinski definition) is 7. The first-order valence-electron chi connectivity index (χ1n) is 11.3. The second-order valence-electron chi connectivity index (χ2n) is 8.70. The van der Waals surface area contributed by atoms with Crippen LogP contribution in [0.25, 0.3) is 0 Å². The molecular formula is C25H29N3O6S2. The number of carbonyl (C=O) groups excluding carboxylic acids is 1. The molecule has 0 fully saturated rings. The average Bonchev–Trinajstić information content (AvgIpc) is 3.25. The van der Waals surface area contributed by atoms with Crippen LogP contribution < -0.4 is 15.4 Å². The van der Waals surface area contributed by atoms with Gasteiger partial charge >= 0.3 is 12.0 Å². The molecule has 36 heavy (non-hydrogen) atoms. The minimum absolute atomic E-state index is 0.132. The van der Waals surface area contributed by atoms with E-state index in [0.29, 0.717) is 39.5 Å². The number of benzene rings is 2. The van der Waals surface area contributed by atoms with E-state index in [1.54, 1.807) is 6.07 Å². The van der Waals surface area contributed by atoms with E-state index >= 15 is 0 Å². The van der Waals surface area contributed by atoms with Gasteiger partial charge in [-0.25, -0.2) is 18.2 Å². The Morgan fingerprint density at radius 2 is 1.83 bits per heavy atom. The molecular weight excluding hydrogens is 502 g/mol. The third-order valence-electron chi connectivity index (χ3n) is 4.99. The van der Waals surface area contributed by atoms with Gasteiger partial charge in [-0.1, -0.05) is 32.0 Å². The molecule has 1 heterocycles. The molecule has 11 heteroatoms. The van der Waals surface area contributed by atoms with Gasteiger partial charge in [-0.3, -0.25) is 10.1 Å². The molecule has 0 unspecified atom stereocenters. The lowest BCUT2D eigenvalue weighted by Crippen LogP contribution is -2.20. The molecule has 3 N–H and O–H groups in total. The van der Waals surface area contributed by atoms with Crippen molar-refractivity contribution in [3.8, 4) is 5.75 Å². The van der Waals surface area contributed by atoms with Crippen LogP contribution in [0.5, 0.6) is 5.75 Å². The average molecular weight is 532 g/mol. The van der Waals surface area contributed by atoms with Gasteiger partial charge in [-0.05, 0) is 54.7 Å². The van der Waals surface area contributed by atoms with E-state index in [1.807, 2.05) is 32.9 Å². The summed E-state index contributed by atoms with van der Waals surface area (Å²) in [4.78, 5) is 28.3. The van der Waals surface area contributed by atoms with Crippen LogP contribution in [0.15, 0.2) is 53.6 Å². The Labute approximate surface area is 214 Å². The number of carbonyl (C=O) groups is 2. The highest BCUT2D eigenvalue weighted by atomic mass is 32.2. The highest BCUT2D eigenvalue weighted by molar-refractivity contribution is 7.91. The van der Waals surface area contributed by atoms with Gasteiger partial charge in [0.2, 0.25) is 0 Å². The summed E-state index contributed by atoms with van der Waals surface area (Å²) >= 11 is 1.19. The number of nitrogens with one attached hydrogen (secondary N) is 2. The predicted octanol–water partition coefficient (Wildman–Crippen LogP) is 4.77. The van der Waals surface area contributed by atoms with Crippen molar-refractivity contribution in [1.29, 1.82) is 0 Å². The lowest BCUT2D eigenvalue weighted by Gasteiger charge is -2.14. The molecule has 0 spiro atoms. The second-order valence-corrected chi connectivity index (χ2v) is 11.9. The van der Waals surface area contributed by atoms with Gasteiger partial charge in [0.05, 0.1) is 29.4 Å². The highest BCUT2D eigenvalue weighted by Gasteiger charge is 2.17. The van der Waals surface area contributed by atoms with E-state index in [4.69, 9.17) is 9.84 Å². The Kier molecular flexibility index (Phi) is 9.05. The van der Waals surface area contributed by atoms with Crippen molar-refractivity contribution in [3.63, 3.8) is 0 Å². The van der Waals surface area contributed by atoms with Gasteiger partial charge < -0.3 is 15.2 Å². The van der Waals surface area contributed by atoms with Crippen LogP contribution in [0, 0.1) is 12.8 Å². The monoisotopic (exact) mass is 531 g/mol. The third-order valence-corrected chi connectivity index (χ3v) is 7.69. The summed E-state index contributed by atoms with van der Waals surface area (Å²) in [6, 6.07) is 10.9. The number of anilines is 2. The fraction of sp³-hybridized carbons (Fsp3) is 0.320. The molecule has 0 aliphatic carbocycles. The van der Waals surface area contributed by atoms with Crippen molar-refractivity contribution in [2.24, 2.45) is 5.92 Å². The number of hydrogen-bond donors (Lipinski definition) is 3. The van der Waals surface area contributed by atoms with Crippen LogP contribution in [-0.2, 0) is 27.5 Å². The van der Waals surface area contributed by atoms with E-state index in [2.05, 4.69) is 15.6 Å². The summed E-state index contributed by atoms with van der Waals surface area (Å²) in [6.07, 6.45) is 1.60. The van der Waals surface area contributed by atoms with Gasteiger partial charge in [0.1, 0.15) is 5.75 Å². The molecule has 0 atom stereocenters. The molecule has 1 aromatic heterocycles. The lowest BCUT2D eigenvalue weighted by atomic mass is 10.2. The largest absolute Gasteiger partial charge is 0.491 e. The van der Waals surface area contributed by atoms with Crippen LogP contribution in [-0.4, -0.2) is 42.9 Å². The summed E-state index contributed by atoms with van der Waals surface area (Å²) in [7, 11) is -3.56. The quantitative estimate of drug-likeness (QED) is 0.324. The van der Waals surface area contributed by atoms with E-state index in [0.717, 1.165) is 5.56 Å². The van der Waals surface area contributed by atoms with Crippen LogP contribution in [0.3, 0.4) is 0 Å². The number of thiazole rings is 1. The van der Waals surface area contributed by atoms with Gasteiger partial charge in [-0.2, -0.15) is 0 Å². The highest BCUT2D eigenvalue weighted by Crippen LogP contribution is 2.27. The minimum atomic E-state index is -3.56. The second kappa shape index (κ2) is 12.0. The summed E-state index contributed by atoms with van der Waals surface area (Å²) in [5.41, 5.74) is 2.08. The summed E-state index contributed by atoms with van der Waals surface area (Å²) < 4.78 is 31.1. The summed E-state index contributed by atoms with van der Waals surface area (Å²) in [5.74, 6) is -0.201. The molecule has 0 saturated carbocycles. The molecule has 0 aliphatic heterocycles. The van der Waals surface area contributed by atoms with Crippen molar-refractivity contribution >= 4 is 44.0 Å². The fourth-order valence-corrected chi connectivity index (χ4v) is 5.39. The molecule has 0 aliphatic rings. The van der Waals surface area contributed by atoms with Crippen molar-refractivity contribution < 1.29 is 27.9 Å². The molecule has 0 saturated heterocycles. The fourth-order valence-electron chi connectivity index (χ4n) is 3.18. The molecule has 0 bridgehead atoms. The third kappa shape index (κ3) is 8.06. The molecule has 0 radical (unpaired) electrons. The van der Waals surface area contributed by atoms with Crippen LogP contribution in [0.2, 0.25) is 0 Å². The number of aromatic nitrogens is 1. The van der Waals surface area contributed by atoms with E-state index in [-0.39, 0.29) is 23.5 Å². The number of rotatable bonds is 11. The smallest absolute Gasteiger partial charge is 0.325 e. The number of aryl methyl sites for hydroxylation is 2. The topological polar surface area (TPSA) is 135 Å². The maximum atomic E-state index is 12.7. The van der Waals surface area contributed by atoms with Gasteiger partial charge in [-0.15, -0.1) is 11.3 Å². The Morgan fingerprint density at radius 3 is 2.50 bits per heavy atom. The molecule has 2 aromatic carbocycles. The van der Waals surface area contributed by atoms with Crippen LogP contribution in [0.4, 0.5) is 15.6 Å². The first-order valence-corrected chi connectivity index (χ1v) is 13.8. The lowest BCUT2D eigenvalue weighted by molar-refractivity contribution is -0.136. The van der Waals surface area contributed by atoms with E-state index in [1.165, 1.54) is 41.8 Å². The number of nitrogens with zero attached hydrogens (tertiary/aromatic N) is 1. The number of amides is 2. The summed E-state index contributed by atoms with van der Waals surface area (Å²) in [5, 5.41) is 14.6. The SMILES string of the molecule is Cc1ccc(NC(=O)Nc2ncc(CCS(=O)(=O)c3ccc(CC(=O)O)cc3)s2)c(OCC(C)C)c1. The van der Waals surface area contributed by atoms with E-state index < -0.39 is 21.8 Å². The van der Waals surface area contributed by atoms with Gasteiger partial charge in [0, 0.05) is 11.1 Å². The van der Waals surface area contributed by atoms with Crippen LogP contribution in [0.1, 0.15) is 29.9 Å². The number of aliphatic carboxylic acids is 1. The van der Waals surface area contributed by atoms with Crippen LogP contribution >= 0.6 is 11.3 Å². The zero-order valence-electron chi connectivity index (χ0n) is 20.3. The number of urea groups is 1. The molecule has 2 amide bonds. The Balaban J connectivity index is 1.57.